The maximum atomic E-state index is 9.30. The predicted octanol–water partition coefficient (Wildman–Crippen LogP) is 1.22. The maximum absolute atomic E-state index is 9.30. The highest BCUT2D eigenvalue weighted by atomic mass is 16.3. The molecule has 0 aromatic carbocycles. The van der Waals surface area contributed by atoms with Gasteiger partial charge in [0.25, 0.3) is 0 Å². The molecule has 1 rings (SSSR count). The van der Waals surface area contributed by atoms with Gasteiger partial charge in [0.05, 0.1) is 6.61 Å². The standard InChI is InChI=1S/C12H26N2O/c1-10(2)13-12(9-15)8-14-7-5-4-6-11(14)3/h10-13,15H,4-9H2,1-3H3. The quantitative estimate of drug-likeness (QED) is 0.722. The average Bonchev–Trinajstić information content (AvgIpc) is 2.19. The van der Waals surface area contributed by atoms with Gasteiger partial charge in [0, 0.05) is 24.7 Å². The van der Waals surface area contributed by atoms with E-state index in [1.54, 1.807) is 0 Å². The predicted molar refractivity (Wildman–Crippen MR) is 64.0 cm³/mol. The van der Waals surface area contributed by atoms with Crippen LogP contribution >= 0.6 is 0 Å². The largest absolute Gasteiger partial charge is 0.395 e. The summed E-state index contributed by atoms with van der Waals surface area (Å²) in [5.41, 5.74) is 0. The molecule has 2 unspecified atom stereocenters. The molecular weight excluding hydrogens is 188 g/mol. The minimum atomic E-state index is 0.227. The monoisotopic (exact) mass is 214 g/mol. The van der Waals surface area contributed by atoms with E-state index in [9.17, 15) is 5.11 Å². The van der Waals surface area contributed by atoms with Crippen LogP contribution in [0.1, 0.15) is 40.0 Å². The third kappa shape index (κ3) is 4.49. The molecule has 3 nitrogen and oxygen atoms in total. The Bertz CT molecular complexity index is 173. The molecule has 0 aromatic heterocycles. The zero-order valence-electron chi connectivity index (χ0n) is 10.4. The topological polar surface area (TPSA) is 35.5 Å². The van der Waals surface area contributed by atoms with Gasteiger partial charge in [-0.05, 0) is 26.3 Å². The zero-order chi connectivity index (χ0) is 11.3. The van der Waals surface area contributed by atoms with Crippen molar-refractivity contribution >= 4 is 0 Å². The van der Waals surface area contributed by atoms with E-state index in [1.807, 2.05) is 0 Å². The molecule has 0 bridgehead atoms. The van der Waals surface area contributed by atoms with Gasteiger partial charge in [-0.3, -0.25) is 4.90 Å². The fourth-order valence-corrected chi connectivity index (χ4v) is 2.35. The van der Waals surface area contributed by atoms with Gasteiger partial charge < -0.3 is 10.4 Å². The lowest BCUT2D eigenvalue weighted by molar-refractivity contribution is 0.119. The molecule has 1 aliphatic heterocycles. The van der Waals surface area contributed by atoms with Crippen LogP contribution in [0.25, 0.3) is 0 Å². The van der Waals surface area contributed by atoms with E-state index in [1.165, 1.54) is 25.8 Å². The number of likely N-dealkylation sites (tertiary alicyclic amines) is 1. The minimum Gasteiger partial charge on any atom is -0.395 e. The maximum Gasteiger partial charge on any atom is 0.0597 e. The molecule has 2 N–H and O–H groups in total. The van der Waals surface area contributed by atoms with Gasteiger partial charge in [0.1, 0.15) is 0 Å². The Morgan fingerprint density at radius 2 is 2.13 bits per heavy atom. The highest BCUT2D eigenvalue weighted by molar-refractivity contribution is 4.79. The Labute approximate surface area is 93.9 Å². The molecule has 0 aliphatic carbocycles. The van der Waals surface area contributed by atoms with Crippen molar-refractivity contribution in [3.05, 3.63) is 0 Å². The Balaban J connectivity index is 2.35. The van der Waals surface area contributed by atoms with Crippen molar-refractivity contribution in [1.82, 2.24) is 10.2 Å². The summed E-state index contributed by atoms with van der Waals surface area (Å²) < 4.78 is 0. The molecule has 2 atom stereocenters. The van der Waals surface area contributed by atoms with E-state index in [0.29, 0.717) is 12.1 Å². The van der Waals surface area contributed by atoms with Gasteiger partial charge in [0.2, 0.25) is 0 Å². The summed E-state index contributed by atoms with van der Waals surface area (Å²) in [6.07, 6.45) is 3.98. The van der Waals surface area contributed by atoms with Crippen molar-refractivity contribution in [2.75, 3.05) is 19.7 Å². The van der Waals surface area contributed by atoms with Crippen molar-refractivity contribution in [3.8, 4) is 0 Å². The number of aliphatic hydroxyl groups is 1. The first-order valence-electron chi connectivity index (χ1n) is 6.24. The highest BCUT2D eigenvalue weighted by Crippen LogP contribution is 2.16. The average molecular weight is 214 g/mol. The van der Waals surface area contributed by atoms with Crippen LogP contribution in [-0.4, -0.2) is 47.8 Å². The van der Waals surface area contributed by atoms with E-state index in [2.05, 4.69) is 31.0 Å². The van der Waals surface area contributed by atoms with Crippen molar-refractivity contribution in [3.63, 3.8) is 0 Å². The third-order valence-corrected chi connectivity index (χ3v) is 3.18. The van der Waals surface area contributed by atoms with Crippen molar-refractivity contribution in [2.24, 2.45) is 0 Å². The van der Waals surface area contributed by atoms with E-state index in [4.69, 9.17) is 0 Å². The first-order valence-corrected chi connectivity index (χ1v) is 6.24. The second kappa shape index (κ2) is 6.46. The minimum absolute atomic E-state index is 0.227. The lowest BCUT2D eigenvalue weighted by Gasteiger charge is -2.36. The lowest BCUT2D eigenvalue weighted by Crippen LogP contribution is -2.49. The number of rotatable bonds is 5. The first kappa shape index (κ1) is 12.9. The number of hydrogen-bond donors (Lipinski definition) is 2. The van der Waals surface area contributed by atoms with Crippen molar-refractivity contribution in [2.45, 2.75) is 58.2 Å². The van der Waals surface area contributed by atoms with Crippen LogP contribution in [0.3, 0.4) is 0 Å². The van der Waals surface area contributed by atoms with Crippen LogP contribution in [0.5, 0.6) is 0 Å². The molecule has 0 saturated carbocycles. The summed E-state index contributed by atoms with van der Waals surface area (Å²) in [6.45, 7) is 8.96. The molecule has 1 saturated heterocycles. The zero-order valence-corrected chi connectivity index (χ0v) is 10.4. The van der Waals surface area contributed by atoms with Gasteiger partial charge in [0.15, 0.2) is 0 Å². The summed E-state index contributed by atoms with van der Waals surface area (Å²) >= 11 is 0. The molecule has 1 heterocycles. The van der Waals surface area contributed by atoms with Crippen LogP contribution in [0, 0.1) is 0 Å². The number of nitrogens with one attached hydrogen (secondary N) is 1. The molecular formula is C12H26N2O. The van der Waals surface area contributed by atoms with E-state index in [-0.39, 0.29) is 12.6 Å². The molecule has 0 radical (unpaired) electrons. The molecule has 3 heteroatoms. The molecule has 0 aromatic rings. The molecule has 0 spiro atoms. The van der Waals surface area contributed by atoms with Crippen LogP contribution in [0.2, 0.25) is 0 Å². The van der Waals surface area contributed by atoms with E-state index < -0.39 is 0 Å². The summed E-state index contributed by atoms with van der Waals surface area (Å²) in [6, 6.07) is 1.36. The second-order valence-electron chi connectivity index (χ2n) is 5.04. The fraction of sp³-hybridized carbons (Fsp3) is 1.00. The third-order valence-electron chi connectivity index (χ3n) is 3.18. The van der Waals surface area contributed by atoms with Crippen LogP contribution in [0.15, 0.2) is 0 Å². The number of piperidine rings is 1. The van der Waals surface area contributed by atoms with Crippen LogP contribution in [0.4, 0.5) is 0 Å². The lowest BCUT2D eigenvalue weighted by atomic mass is 10.0. The smallest absolute Gasteiger partial charge is 0.0597 e. The van der Waals surface area contributed by atoms with Gasteiger partial charge in [-0.1, -0.05) is 20.3 Å². The van der Waals surface area contributed by atoms with Gasteiger partial charge >= 0.3 is 0 Å². The van der Waals surface area contributed by atoms with Crippen LogP contribution < -0.4 is 5.32 Å². The fourth-order valence-electron chi connectivity index (χ4n) is 2.35. The summed E-state index contributed by atoms with van der Waals surface area (Å²) in [5, 5.41) is 12.7. The van der Waals surface area contributed by atoms with Crippen molar-refractivity contribution < 1.29 is 5.11 Å². The van der Waals surface area contributed by atoms with Gasteiger partial charge in [-0.25, -0.2) is 0 Å². The summed E-state index contributed by atoms with van der Waals surface area (Å²) in [5.74, 6) is 0. The first-order chi connectivity index (χ1) is 7.13. The Kier molecular flexibility index (Phi) is 5.58. The Morgan fingerprint density at radius 3 is 2.67 bits per heavy atom. The normalized spacial score (nSPS) is 25.8. The molecule has 1 fully saturated rings. The number of hydrogen-bond acceptors (Lipinski definition) is 3. The Morgan fingerprint density at radius 1 is 1.40 bits per heavy atom. The van der Waals surface area contributed by atoms with Gasteiger partial charge in [-0.2, -0.15) is 0 Å². The van der Waals surface area contributed by atoms with E-state index in [0.717, 1.165) is 6.54 Å². The van der Waals surface area contributed by atoms with Crippen molar-refractivity contribution in [1.29, 1.82) is 0 Å². The molecule has 0 amide bonds. The second-order valence-corrected chi connectivity index (χ2v) is 5.04. The summed E-state index contributed by atoms with van der Waals surface area (Å²) in [7, 11) is 0. The van der Waals surface area contributed by atoms with Gasteiger partial charge in [-0.15, -0.1) is 0 Å². The number of aliphatic hydroxyl groups excluding tert-OH is 1. The highest BCUT2D eigenvalue weighted by Gasteiger charge is 2.21. The number of nitrogens with zero attached hydrogens (tertiary/aromatic N) is 1. The SMILES string of the molecule is CC(C)NC(CO)CN1CCCCC1C. The summed E-state index contributed by atoms with van der Waals surface area (Å²) in [4.78, 5) is 2.50. The van der Waals surface area contributed by atoms with E-state index >= 15 is 0 Å². The molecule has 1 aliphatic rings. The van der Waals surface area contributed by atoms with Crippen LogP contribution in [-0.2, 0) is 0 Å². The molecule has 15 heavy (non-hydrogen) atoms. The molecule has 90 valence electrons. The Hall–Kier alpha value is -0.120.